The van der Waals surface area contributed by atoms with Crippen LogP contribution in [0.2, 0.25) is 0 Å². The van der Waals surface area contributed by atoms with Crippen LogP contribution in [0, 0.1) is 26.7 Å². The number of anilines is 3. The van der Waals surface area contributed by atoms with Crippen molar-refractivity contribution in [1.82, 2.24) is 0 Å². The molecule has 0 aromatic heterocycles. The summed E-state index contributed by atoms with van der Waals surface area (Å²) in [6.45, 7) is 6.19. The normalized spacial score (nSPS) is 15.4. The van der Waals surface area contributed by atoms with Gasteiger partial charge in [0.2, 0.25) is 11.8 Å². The minimum atomic E-state index is -0.456. The van der Waals surface area contributed by atoms with Crippen LogP contribution < -0.4 is 15.5 Å². The second-order valence-corrected chi connectivity index (χ2v) is 8.52. The number of carbonyl (C=O) groups is 3. The molecule has 1 aliphatic heterocycles. The average Bonchev–Trinajstić information content (AvgIpc) is 3.19. The van der Waals surface area contributed by atoms with Gasteiger partial charge in [-0.3, -0.25) is 14.4 Å². The summed E-state index contributed by atoms with van der Waals surface area (Å²) in [7, 11) is 0. The maximum absolute atomic E-state index is 12.9. The molecular formula is C27H27N3O3. The van der Waals surface area contributed by atoms with E-state index in [1.54, 1.807) is 29.2 Å². The summed E-state index contributed by atoms with van der Waals surface area (Å²) in [6.07, 6.45) is 0.135. The van der Waals surface area contributed by atoms with Crippen molar-refractivity contribution in [2.24, 2.45) is 5.92 Å². The molecule has 1 fully saturated rings. The highest BCUT2D eigenvalue weighted by atomic mass is 16.2. The molecule has 0 unspecified atom stereocenters. The maximum Gasteiger partial charge on any atom is 0.255 e. The number of aryl methyl sites for hydroxylation is 2. The summed E-state index contributed by atoms with van der Waals surface area (Å²) < 4.78 is 0. The van der Waals surface area contributed by atoms with Crippen LogP contribution in [-0.2, 0) is 9.59 Å². The fraction of sp³-hybridized carbons (Fsp3) is 0.222. The van der Waals surface area contributed by atoms with Crippen LogP contribution in [0.4, 0.5) is 17.1 Å². The van der Waals surface area contributed by atoms with Crippen LogP contribution in [0.15, 0.2) is 66.7 Å². The Labute approximate surface area is 193 Å². The maximum atomic E-state index is 12.9. The summed E-state index contributed by atoms with van der Waals surface area (Å²) in [6, 6.07) is 20.3. The molecule has 1 aliphatic rings. The zero-order valence-corrected chi connectivity index (χ0v) is 19.0. The van der Waals surface area contributed by atoms with Crippen molar-refractivity contribution in [3.05, 3.63) is 89.0 Å². The zero-order chi connectivity index (χ0) is 23.5. The average molecular weight is 442 g/mol. The highest BCUT2D eigenvalue weighted by Crippen LogP contribution is 2.28. The standard InChI is InChI=1S/C27H27N3O3/c1-17-7-4-10-22(13-17)28-26(32)20-9-6-11-23(14-20)30-16-21(15-25(30)31)27(33)29-24-12-5-8-18(2)19(24)3/h4-14,21H,15-16H2,1-3H3,(H,28,32)(H,29,33)/t21-/m1/s1. The molecule has 3 aromatic rings. The number of benzene rings is 3. The molecule has 6 nitrogen and oxygen atoms in total. The molecule has 0 radical (unpaired) electrons. The minimum absolute atomic E-state index is 0.132. The van der Waals surface area contributed by atoms with Crippen molar-refractivity contribution in [2.45, 2.75) is 27.2 Å². The van der Waals surface area contributed by atoms with Crippen molar-refractivity contribution in [3.63, 3.8) is 0 Å². The number of carbonyl (C=O) groups excluding carboxylic acids is 3. The molecule has 2 N–H and O–H groups in total. The fourth-order valence-electron chi connectivity index (χ4n) is 4.00. The molecule has 0 bridgehead atoms. The van der Waals surface area contributed by atoms with Gasteiger partial charge in [0, 0.05) is 35.6 Å². The third-order valence-corrected chi connectivity index (χ3v) is 6.05. The lowest BCUT2D eigenvalue weighted by Crippen LogP contribution is -2.28. The third-order valence-electron chi connectivity index (χ3n) is 6.05. The summed E-state index contributed by atoms with van der Waals surface area (Å²) in [4.78, 5) is 39.9. The number of nitrogens with zero attached hydrogens (tertiary/aromatic N) is 1. The molecule has 33 heavy (non-hydrogen) atoms. The first kappa shape index (κ1) is 22.3. The summed E-state index contributed by atoms with van der Waals surface area (Å²) in [5.41, 5.74) is 5.70. The molecule has 0 spiro atoms. The lowest BCUT2D eigenvalue weighted by Gasteiger charge is -2.18. The molecule has 1 atom stereocenters. The van der Waals surface area contributed by atoms with Gasteiger partial charge < -0.3 is 15.5 Å². The predicted molar refractivity (Wildman–Crippen MR) is 131 cm³/mol. The Morgan fingerprint density at radius 1 is 0.909 bits per heavy atom. The third kappa shape index (κ3) is 4.95. The van der Waals surface area contributed by atoms with E-state index in [0.29, 0.717) is 16.9 Å². The van der Waals surface area contributed by atoms with E-state index in [9.17, 15) is 14.4 Å². The van der Waals surface area contributed by atoms with Crippen molar-refractivity contribution in [2.75, 3.05) is 22.1 Å². The van der Waals surface area contributed by atoms with Crippen molar-refractivity contribution in [1.29, 1.82) is 0 Å². The molecule has 6 heteroatoms. The second-order valence-electron chi connectivity index (χ2n) is 8.52. The van der Waals surface area contributed by atoms with E-state index in [4.69, 9.17) is 0 Å². The van der Waals surface area contributed by atoms with Gasteiger partial charge in [-0.15, -0.1) is 0 Å². The van der Waals surface area contributed by atoms with Crippen LogP contribution in [-0.4, -0.2) is 24.3 Å². The van der Waals surface area contributed by atoms with Gasteiger partial charge in [0.05, 0.1) is 5.92 Å². The molecule has 1 heterocycles. The summed E-state index contributed by atoms with van der Waals surface area (Å²) in [5.74, 6) is -1.01. The van der Waals surface area contributed by atoms with Gasteiger partial charge in [-0.05, 0) is 73.9 Å². The Kier molecular flexibility index (Phi) is 6.27. The van der Waals surface area contributed by atoms with E-state index >= 15 is 0 Å². The molecule has 0 aliphatic carbocycles. The SMILES string of the molecule is Cc1cccc(NC(=O)c2cccc(N3C[C@H](C(=O)Nc4cccc(C)c4C)CC3=O)c2)c1. The molecule has 4 rings (SSSR count). The van der Waals surface area contributed by atoms with Gasteiger partial charge in [-0.2, -0.15) is 0 Å². The van der Waals surface area contributed by atoms with Gasteiger partial charge in [0.1, 0.15) is 0 Å². The van der Waals surface area contributed by atoms with E-state index in [1.807, 2.05) is 63.2 Å². The number of hydrogen-bond acceptors (Lipinski definition) is 3. The smallest absolute Gasteiger partial charge is 0.255 e. The van der Waals surface area contributed by atoms with E-state index < -0.39 is 5.92 Å². The number of rotatable bonds is 5. The molecule has 1 saturated heterocycles. The van der Waals surface area contributed by atoms with Crippen LogP contribution in [0.25, 0.3) is 0 Å². The first-order valence-corrected chi connectivity index (χ1v) is 11.0. The van der Waals surface area contributed by atoms with Gasteiger partial charge in [0.25, 0.3) is 5.91 Å². The highest BCUT2D eigenvalue weighted by Gasteiger charge is 2.35. The number of nitrogens with one attached hydrogen (secondary N) is 2. The monoisotopic (exact) mass is 441 g/mol. The van der Waals surface area contributed by atoms with E-state index in [0.717, 1.165) is 22.4 Å². The molecule has 168 valence electrons. The largest absolute Gasteiger partial charge is 0.326 e. The van der Waals surface area contributed by atoms with Gasteiger partial charge in [-0.1, -0.05) is 30.3 Å². The fourth-order valence-corrected chi connectivity index (χ4v) is 4.00. The Balaban J connectivity index is 1.46. The Bertz CT molecular complexity index is 1230. The van der Waals surface area contributed by atoms with Crippen molar-refractivity contribution < 1.29 is 14.4 Å². The van der Waals surface area contributed by atoms with E-state index in [2.05, 4.69) is 10.6 Å². The van der Waals surface area contributed by atoms with Crippen LogP contribution in [0.1, 0.15) is 33.5 Å². The number of amides is 3. The topological polar surface area (TPSA) is 78.5 Å². The Hall–Kier alpha value is -3.93. The predicted octanol–water partition coefficient (Wildman–Crippen LogP) is 4.86. The van der Waals surface area contributed by atoms with Gasteiger partial charge in [0.15, 0.2) is 0 Å². The van der Waals surface area contributed by atoms with Gasteiger partial charge in [-0.25, -0.2) is 0 Å². The lowest BCUT2D eigenvalue weighted by molar-refractivity contribution is -0.122. The first-order chi connectivity index (χ1) is 15.8. The minimum Gasteiger partial charge on any atom is -0.326 e. The quantitative estimate of drug-likeness (QED) is 0.594. The lowest BCUT2D eigenvalue weighted by atomic mass is 10.1. The van der Waals surface area contributed by atoms with Crippen LogP contribution in [0.5, 0.6) is 0 Å². The number of hydrogen-bond donors (Lipinski definition) is 2. The van der Waals surface area contributed by atoms with Gasteiger partial charge >= 0.3 is 0 Å². The Morgan fingerprint density at radius 2 is 1.67 bits per heavy atom. The molecule has 3 aromatic carbocycles. The molecule has 0 saturated carbocycles. The zero-order valence-electron chi connectivity index (χ0n) is 19.0. The summed E-state index contributed by atoms with van der Waals surface area (Å²) in [5, 5.41) is 5.85. The van der Waals surface area contributed by atoms with Crippen LogP contribution in [0.3, 0.4) is 0 Å². The Morgan fingerprint density at radius 3 is 2.45 bits per heavy atom. The van der Waals surface area contributed by atoms with E-state index in [1.165, 1.54) is 0 Å². The van der Waals surface area contributed by atoms with Crippen molar-refractivity contribution in [3.8, 4) is 0 Å². The first-order valence-electron chi connectivity index (χ1n) is 11.0. The molecule has 3 amide bonds. The summed E-state index contributed by atoms with van der Waals surface area (Å²) >= 11 is 0. The van der Waals surface area contributed by atoms with Crippen LogP contribution >= 0.6 is 0 Å². The second kappa shape index (κ2) is 9.28. The van der Waals surface area contributed by atoms with E-state index in [-0.39, 0.29) is 30.7 Å². The van der Waals surface area contributed by atoms with Crippen molar-refractivity contribution >= 4 is 34.8 Å². The highest BCUT2D eigenvalue weighted by molar-refractivity contribution is 6.07. The molecular weight excluding hydrogens is 414 g/mol.